The Labute approximate surface area is 171 Å². The molecule has 1 aromatic carbocycles. The number of ether oxygens (including phenoxy) is 1. The lowest BCUT2D eigenvalue weighted by Gasteiger charge is -2.40. The zero-order valence-electron chi connectivity index (χ0n) is 17.1. The molecule has 28 heavy (non-hydrogen) atoms. The van der Waals surface area contributed by atoms with Gasteiger partial charge in [0.2, 0.25) is 0 Å². The summed E-state index contributed by atoms with van der Waals surface area (Å²) in [6, 6.07) is 8.70. The molecule has 0 amide bonds. The molecule has 2 aliphatic heterocycles. The molecule has 1 saturated heterocycles. The lowest BCUT2D eigenvalue weighted by atomic mass is 10.1. The first kappa shape index (κ1) is 19.4. The van der Waals surface area contributed by atoms with E-state index in [1.54, 1.807) is 18.4 Å². The number of aromatic nitrogens is 1. The van der Waals surface area contributed by atoms with E-state index >= 15 is 0 Å². The fourth-order valence-corrected chi connectivity index (χ4v) is 4.69. The van der Waals surface area contributed by atoms with Crippen LogP contribution in [0.3, 0.4) is 0 Å². The summed E-state index contributed by atoms with van der Waals surface area (Å²) in [7, 11) is 3.97. The van der Waals surface area contributed by atoms with Gasteiger partial charge in [0.1, 0.15) is 10.7 Å². The number of rotatable bonds is 4. The van der Waals surface area contributed by atoms with Gasteiger partial charge in [-0.2, -0.15) is 0 Å². The largest absolute Gasteiger partial charge is 0.385 e. The van der Waals surface area contributed by atoms with Crippen molar-refractivity contribution >= 4 is 33.5 Å². The molecular weight excluding hydrogens is 370 g/mol. The quantitative estimate of drug-likeness (QED) is 0.840. The summed E-state index contributed by atoms with van der Waals surface area (Å²) in [6.07, 6.45) is 1.02. The Kier molecular flexibility index (Phi) is 5.66. The number of likely N-dealkylation sites (N-methyl/N-ethyl adjacent to an activating group) is 1. The number of aliphatic imine (C=N–C) groups is 1. The second-order valence-electron chi connectivity index (χ2n) is 7.82. The molecule has 2 aliphatic rings. The van der Waals surface area contributed by atoms with E-state index in [1.807, 2.05) is 12.1 Å². The van der Waals surface area contributed by atoms with Crippen molar-refractivity contribution in [2.75, 3.05) is 45.7 Å². The number of hydrogen-bond acceptors (Lipinski definition) is 7. The van der Waals surface area contributed by atoms with Crippen molar-refractivity contribution in [1.82, 2.24) is 14.8 Å². The summed E-state index contributed by atoms with van der Waals surface area (Å²) in [5.74, 6) is 1.39. The maximum absolute atomic E-state index is 5.33. The second kappa shape index (κ2) is 8.19. The first-order valence-corrected chi connectivity index (χ1v) is 10.8. The number of hydrogen-bond donors (Lipinski definition) is 1. The number of thiazole rings is 1. The van der Waals surface area contributed by atoms with Crippen LogP contribution >= 0.6 is 11.3 Å². The highest BCUT2D eigenvalue weighted by Crippen LogP contribution is 2.39. The van der Waals surface area contributed by atoms with Crippen molar-refractivity contribution in [2.45, 2.75) is 32.2 Å². The Bertz CT molecular complexity index is 862. The van der Waals surface area contributed by atoms with Crippen LogP contribution in [0.5, 0.6) is 0 Å². The molecule has 6 nitrogen and oxygen atoms in total. The number of nitrogens with zero attached hydrogens (tertiary/aromatic N) is 4. The molecule has 0 spiro atoms. The zero-order valence-corrected chi connectivity index (χ0v) is 17.9. The van der Waals surface area contributed by atoms with Gasteiger partial charge in [-0.1, -0.05) is 26.0 Å². The summed E-state index contributed by atoms with van der Waals surface area (Å²) >= 11 is 1.74. The van der Waals surface area contributed by atoms with Crippen molar-refractivity contribution in [3.05, 3.63) is 35.0 Å². The molecule has 150 valence electrons. The molecule has 0 aliphatic carbocycles. The van der Waals surface area contributed by atoms with Gasteiger partial charge < -0.3 is 15.0 Å². The molecule has 0 bridgehead atoms. The van der Waals surface area contributed by atoms with Gasteiger partial charge in [-0.3, -0.25) is 4.90 Å². The number of anilines is 2. The summed E-state index contributed by atoms with van der Waals surface area (Å²) < 4.78 is 5.33. The summed E-state index contributed by atoms with van der Waals surface area (Å²) in [5.41, 5.74) is 3.00. The van der Waals surface area contributed by atoms with E-state index in [-0.39, 0.29) is 0 Å². The molecule has 1 fully saturated rings. The minimum Gasteiger partial charge on any atom is -0.385 e. The van der Waals surface area contributed by atoms with Gasteiger partial charge in [0.15, 0.2) is 5.84 Å². The highest BCUT2D eigenvalue weighted by Gasteiger charge is 2.31. The van der Waals surface area contributed by atoms with Crippen LogP contribution < -0.4 is 5.32 Å². The van der Waals surface area contributed by atoms with Gasteiger partial charge >= 0.3 is 0 Å². The predicted octanol–water partition coefficient (Wildman–Crippen LogP) is 4.05. The lowest BCUT2D eigenvalue weighted by Crippen LogP contribution is -2.53. The molecule has 0 radical (unpaired) electrons. The highest BCUT2D eigenvalue weighted by atomic mass is 32.1. The van der Waals surface area contributed by atoms with Crippen molar-refractivity contribution in [2.24, 2.45) is 4.99 Å². The third kappa shape index (κ3) is 3.79. The van der Waals surface area contributed by atoms with Crippen LogP contribution in [-0.2, 0) is 4.74 Å². The second-order valence-corrected chi connectivity index (χ2v) is 8.85. The molecule has 4 rings (SSSR count). The molecule has 7 heteroatoms. The third-order valence-electron chi connectivity index (χ3n) is 5.46. The third-order valence-corrected chi connectivity index (χ3v) is 6.73. The smallest absolute Gasteiger partial charge is 0.158 e. The first-order valence-electron chi connectivity index (χ1n) is 9.96. The Hall–Kier alpha value is -1.96. The van der Waals surface area contributed by atoms with Crippen LogP contribution in [0, 0.1) is 0 Å². The number of nitrogens with one attached hydrogen (secondary N) is 1. The molecule has 1 N–H and O–H groups in total. The van der Waals surface area contributed by atoms with Crippen LogP contribution in [0.15, 0.2) is 29.3 Å². The van der Waals surface area contributed by atoms with E-state index in [9.17, 15) is 0 Å². The highest BCUT2D eigenvalue weighted by molar-refractivity contribution is 7.16. The standard InChI is InChI=1S/C21H29N5OS/c1-14(2)20-24-18-19(26-11-10-25(3)15(13-26)9-12-27-4)22-16-7-5-6-8-17(16)23-21(18)28-20/h5-8,14-15,23H,9-13H2,1-4H3. The van der Waals surface area contributed by atoms with Gasteiger partial charge in [-0.05, 0) is 25.6 Å². The van der Waals surface area contributed by atoms with Gasteiger partial charge in [0.25, 0.3) is 0 Å². The topological polar surface area (TPSA) is 53.0 Å². The van der Waals surface area contributed by atoms with Crippen LogP contribution in [0.2, 0.25) is 0 Å². The summed E-state index contributed by atoms with van der Waals surface area (Å²) in [4.78, 5) is 14.9. The van der Waals surface area contributed by atoms with E-state index in [0.717, 1.165) is 65.6 Å². The average molecular weight is 400 g/mol. The summed E-state index contributed by atoms with van der Waals surface area (Å²) in [5, 5.41) is 5.83. The van der Waals surface area contributed by atoms with Crippen LogP contribution in [0.4, 0.5) is 16.4 Å². The average Bonchev–Trinajstić information content (AvgIpc) is 3.04. The van der Waals surface area contributed by atoms with Crippen molar-refractivity contribution in [3.8, 4) is 0 Å². The Morgan fingerprint density at radius 1 is 1.29 bits per heavy atom. The van der Waals surface area contributed by atoms with Crippen molar-refractivity contribution in [1.29, 1.82) is 0 Å². The van der Waals surface area contributed by atoms with E-state index in [0.29, 0.717) is 12.0 Å². The minimum atomic E-state index is 0.400. The van der Waals surface area contributed by atoms with Crippen molar-refractivity contribution < 1.29 is 4.74 Å². The molecule has 0 saturated carbocycles. The number of methoxy groups -OCH3 is 1. The maximum atomic E-state index is 5.33. The predicted molar refractivity (Wildman–Crippen MR) is 117 cm³/mol. The lowest BCUT2D eigenvalue weighted by molar-refractivity contribution is 0.100. The molecule has 1 aromatic heterocycles. The fourth-order valence-electron chi connectivity index (χ4n) is 3.71. The molecular formula is C21H29N5OS. The molecule has 2 aromatic rings. The van der Waals surface area contributed by atoms with Crippen molar-refractivity contribution in [3.63, 3.8) is 0 Å². The first-order chi connectivity index (χ1) is 13.6. The Morgan fingerprint density at radius 3 is 2.89 bits per heavy atom. The van der Waals surface area contributed by atoms with E-state index < -0.39 is 0 Å². The normalized spacial score (nSPS) is 19.7. The van der Waals surface area contributed by atoms with E-state index in [2.05, 4.69) is 48.1 Å². The monoisotopic (exact) mass is 399 g/mol. The Morgan fingerprint density at radius 2 is 2.11 bits per heavy atom. The fraction of sp³-hybridized carbons (Fsp3) is 0.524. The van der Waals surface area contributed by atoms with E-state index in [1.165, 1.54) is 0 Å². The van der Waals surface area contributed by atoms with Gasteiger partial charge in [-0.25, -0.2) is 9.98 Å². The van der Waals surface area contributed by atoms with Crippen LogP contribution in [0.25, 0.3) is 0 Å². The molecule has 1 unspecified atom stereocenters. The minimum absolute atomic E-state index is 0.400. The number of para-hydroxylation sites is 2. The molecule has 3 heterocycles. The maximum Gasteiger partial charge on any atom is 0.158 e. The van der Waals surface area contributed by atoms with Gasteiger partial charge in [0.05, 0.1) is 16.4 Å². The van der Waals surface area contributed by atoms with Crippen LogP contribution in [0.1, 0.15) is 36.9 Å². The number of piperazine rings is 1. The number of amidine groups is 1. The zero-order chi connectivity index (χ0) is 19.7. The van der Waals surface area contributed by atoms with E-state index in [4.69, 9.17) is 14.7 Å². The Balaban J connectivity index is 1.72. The number of fused-ring (bicyclic) bond motifs is 2. The van der Waals surface area contributed by atoms with Crippen LogP contribution in [-0.4, -0.2) is 67.1 Å². The molecule has 1 atom stereocenters. The van der Waals surface area contributed by atoms with Gasteiger partial charge in [0, 0.05) is 45.3 Å². The van der Waals surface area contributed by atoms with Gasteiger partial charge in [-0.15, -0.1) is 11.3 Å². The SMILES string of the molecule is COCCC1CN(C2=Nc3ccccc3Nc3sc(C(C)C)nc32)CCN1C. The summed E-state index contributed by atoms with van der Waals surface area (Å²) in [6.45, 7) is 8.07. The number of benzene rings is 1.